The van der Waals surface area contributed by atoms with Gasteiger partial charge in [-0.3, -0.25) is 0 Å². The lowest BCUT2D eigenvalue weighted by molar-refractivity contribution is 1.42. The van der Waals surface area contributed by atoms with Crippen molar-refractivity contribution in [3.8, 4) is 0 Å². The summed E-state index contributed by atoms with van der Waals surface area (Å²) in [5.74, 6) is 0. The molecule has 0 spiro atoms. The van der Waals surface area contributed by atoms with Gasteiger partial charge in [0.2, 0.25) is 0 Å². The van der Waals surface area contributed by atoms with Crippen LogP contribution in [0, 0.1) is 0 Å². The van der Waals surface area contributed by atoms with Crippen molar-refractivity contribution < 1.29 is 0 Å². The number of rotatable bonds is 0. The lowest BCUT2D eigenvalue weighted by Gasteiger charge is -1.65. The summed E-state index contributed by atoms with van der Waals surface area (Å²) in [6.07, 6.45) is 0. The van der Waals surface area contributed by atoms with Gasteiger partial charge in [-0.05, 0) is 13.8 Å². The summed E-state index contributed by atoms with van der Waals surface area (Å²) in [5, 5.41) is 0. The third-order valence-electron chi connectivity index (χ3n) is 0. The Kier molecular flexibility index (Phi) is 1.03. The minimum absolute atomic E-state index is 1.17. The Bertz CT molecular complexity index is 23.0. The first-order chi connectivity index (χ1) is 1.73. The van der Waals surface area contributed by atoms with Crippen molar-refractivity contribution >= 4 is 0 Å². The number of hydrogen-bond donors (Lipinski definition) is 0. The monoisotopic (exact) mass is 57.1 g/mol. The van der Waals surface area contributed by atoms with Gasteiger partial charge in [0.05, 0.1) is 0 Å². The molecule has 0 aliphatic carbocycles. The highest BCUT2D eigenvalue weighted by molar-refractivity contribution is 4.78. The van der Waals surface area contributed by atoms with Crippen LogP contribution >= 0.6 is 0 Å². The highest BCUT2D eigenvalue weighted by Crippen LogP contribution is 1.73. The second-order valence-electron chi connectivity index (χ2n) is 1.21. The SMILES string of the molecule is C=[13C](C)C. The third kappa shape index (κ3) is 14.1. The van der Waals surface area contributed by atoms with Gasteiger partial charge in [-0.2, -0.15) is 0 Å². The van der Waals surface area contributed by atoms with Crippen LogP contribution < -0.4 is 0 Å². The normalized spacial score (nSPS) is 6.50. The van der Waals surface area contributed by atoms with Gasteiger partial charge in [0.15, 0.2) is 0 Å². The van der Waals surface area contributed by atoms with Crippen molar-refractivity contribution in [1.29, 1.82) is 0 Å². The summed E-state index contributed by atoms with van der Waals surface area (Å²) < 4.78 is 0. The maximum atomic E-state index is 3.56. The van der Waals surface area contributed by atoms with Gasteiger partial charge in [0, 0.05) is 0 Å². The molecule has 0 heterocycles. The van der Waals surface area contributed by atoms with E-state index < -0.39 is 0 Å². The molecule has 0 rings (SSSR count). The smallest absolute Gasteiger partial charge is 0.0445 e. The molecule has 0 aliphatic heterocycles. The molecule has 0 heteroatoms. The van der Waals surface area contributed by atoms with E-state index in [4.69, 9.17) is 0 Å². The van der Waals surface area contributed by atoms with Crippen LogP contribution in [0.4, 0.5) is 0 Å². The molecule has 0 radical (unpaired) electrons. The lowest BCUT2D eigenvalue weighted by atomic mass is 10.9. The topological polar surface area (TPSA) is 0 Å². The van der Waals surface area contributed by atoms with Crippen molar-refractivity contribution in [2.75, 3.05) is 0 Å². The van der Waals surface area contributed by atoms with Crippen LogP contribution in [0.2, 0.25) is 0 Å². The van der Waals surface area contributed by atoms with Crippen molar-refractivity contribution in [2.24, 2.45) is 0 Å². The summed E-state index contributed by atoms with van der Waals surface area (Å²) in [4.78, 5) is 0. The quantitative estimate of drug-likeness (QED) is 0.292. The van der Waals surface area contributed by atoms with Crippen LogP contribution in [-0.4, -0.2) is 0 Å². The van der Waals surface area contributed by atoms with E-state index >= 15 is 0 Å². The van der Waals surface area contributed by atoms with Gasteiger partial charge < -0.3 is 0 Å². The maximum Gasteiger partial charge on any atom is -0.0445 e. The maximum absolute atomic E-state index is 3.56. The Morgan fingerprint density at radius 3 is 1.50 bits per heavy atom. The molecular weight excluding hydrogens is 49.0 g/mol. The Balaban J connectivity index is 2.80. The van der Waals surface area contributed by atoms with E-state index in [1.807, 2.05) is 13.8 Å². The molecule has 0 aliphatic rings. The Labute approximate surface area is 27.1 Å². The molecule has 0 fully saturated rings. The van der Waals surface area contributed by atoms with Gasteiger partial charge in [0.25, 0.3) is 0 Å². The van der Waals surface area contributed by atoms with Gasteiger partial charge in [-0.1, -0.05) is 5.57 Å². The highest BCUT2D eigenvalue weighted by atomic mass is 14.2. The predicted molar refractivity (Wildman–Crippen MR) is 20.5 cm³/mol. The first kappa shape index (κ1) is 3.74. The lowest BCUT2D eigenvalue weighted by Crippen LogP contribution is -1.43. The standard InChI is InChI=1S/C4H8/c1-4(2)3/h1H2,2-3H3/i4+1. The molecule has 4 heavy (non-hydrogen) atoms. The molecule has 0 nitrogen and oxygen atoms in total. The molecule has 0 aromatic carbocycles. The Hall–Kier alpha value is -0.260. The molecule has 0 amide bonds. The first-order valence-electron chi connectivity index (χ1n) is 1.35. The second kappa shape index (κ2) is 1.10. The summed E-state index contributed by atoms with van der Waals surface area (Å²) in [6, 6.07) is 0. The van der Waals surface area contributed by atoms with Crippen LogP contribution in [0.5, 0.6) is 0 Å². The second-order valence-corrected chi connectivity index (χ2v) is 1.21. The van der Waals surface area contributed by atoms with Crippen molar-refractivity contribution in [2.45, 2.75) is 13.8 Å². The summed E-state index contributed by atoms with van der Waals surface area (Å²) in [5.41, 5.74) is 1.17. The van der Waals surface area contributed by atoms with Crippen LogP contribution in [0.1, 0.15) is 13.8 Å². The molecule has 0 N–H and O–H groups in total. The summed E-state index contributed by atoms with van der Waals surface area (Å²) in [6.45, 7) is 7.50. The molecule has 0 saturated heterocycles. The predicted octanol–water partition coefficient (Wildman–Crippen LogP) is 1.58. The van der Waals surface area contributed by atoms with E-state index in [-0.39, 0.29) is 0 Å². The Morgan fingerprint density at radius 2 is 1.50 bits per heavy atom. The van der Waals surface area contributed by atoms with Crippen LogP contribution in [0.15, 0.2) is 12.2 Å². The van der Waals surface area contributed by atoms with Crippen molar-refractivity contribution in [3.05, 3.63) is 12.2 Å². The molecule has 24 valence electrons. The van der Waals surface area contributed by atoms with Gasteiger partial charge >= 0.3 is 0 Å². The minimum Gasteiger partial charge on any atom is -0.100 e. The van der Waals surface area contributed by atoms with Crippen LogP contribution in [0.25, 0.3) is 0 Å². The zero-order valence-corrected chi connectivity index (χ0v) is 3.21. The average molecular weight is 57.1 g/mol. The largest absolute Gasteiger partial charge is 0.100 e. The average Bonchev–Trinajstić information content (AvgIpc) is 0.811. The van der Waals surface area contributed by atoms with E-state index in [9.17, 15) is 0 Å². The fraction of sp³-hybridized carbons (Fsp3) is 0.500. The molecule has 0 atom stereocenters. The van der Waals surface area contributed by atoms with Gasteiger partial charge in [-0.25, -0.2) is 0 Å². The van der Waals surface area contributed by atoms with E-state index in [0.717, 1.165) is 0 Å². The van der Waals surface area contributed by atoms with E-state index in [2.05, 4.69) is 6.58 Å². The summed E-state index contributed by atoms with van der Waals surface area (Å²) >= 11 is 0. The highest BCUT2D eigenvalue weighted by Gasteiger charge is 1.51. The fourth-order valence-electron chi connectivity index (χ4n) is 0. The number of hydrogen-bond acceptors (Lipinski definition) is 0. The number of allylic oxidation sites excluding steroid dienone is 1. The van der Waals surface area contributed by atoms with E-state index in [1.54, 1.807) is 0 Å². The van der Waals surface area contributed by atoms with Crippen molar-refractivity contribution in [3.63, 3.8) is 0 Å². The first-order valence-corrected chi connectivity index (χ1v) is 1.35. The third-order valence-corrected chi connectivity index (χ3v) is 0. The fourth-order valence-corrected chi connectivity index (χ4v) is 0. The van der Waals surface area contributed by atoms with Gasteiger partial charge in [0.1, 0.15) is 0 Å². The van der Waals surface area contributed by atoms with Crippen LogP contribution in [-0.2, 0) is 0 Å². The molecule has 0 aromatic rings. The molecule has 0 saturated carbocycles. The zero-order valence-electron chi connectivity index (χ0n) is 3.21. The van der Waals surface area contributed by atoms with Crippen LogP contribution in [0.3, 0.4) is 0 Å². The van der Waals surface area contributed by atoms with E-state index in [0.29, 0.717) is 0 Å². The molecule has 0 bridgehead atoms. The summed E-state index contributed by atoms with van der Waals surface area (Å²) in [7, 11) is 0. The van der Waals surface area contributed by atoms with Gasteiger partial charge in [-0.15, -0.1) is 6.58 Å². The minimum atomic E-state index is 1.17. The zero-order chi connectivity index (χ0) is 3.58. The van der Waals surface area contributed by atoms with Crippen molar-refractivity contribution in [1.82, 2.24) is 0 Å². The van der Waals surface area contributed by atoms with E-state index in [1.165, 1.54) is 5.57 Å². The molecule has 0 unspecified atom stereocenters. The molecule has 0 aromatic heterocycles. The molecular formula is C4H8. The Morgan fingerprint density at radius 1 is 1.50 bits per heavy atom.